The topological polar surface area (TPSA) is 37.4 Å². The van der Waals surface area contributed by atoms with Gasteiger partial charge in [-0.3, -0.25) is 14.5 Å². The second-order valence-electron chi connectivity index (χ2n) is 4.06. The molecule has 2 unspecified atom stereocenters. The first kappa shape index (κ1) is 12.7. The van der Waals surface area contributed by atoms with Crippen molar-refractivity contribution in [3.05, 3.63) is 24.3 Å². The average Bonchev–Trinajstić information content (AvgIpc) is 2.49. The average molecular weight is 221 g/mol. The van der Waals surface area contributed by atoms with Crippen molar-refractivity contribution in [2.45, 2.75) is 26.7 Å². The molecule has 2 amide bonds. The van der Waals surface area contributed by atoms with E-state index in [1.54, 1.807) is 7.05 Å². The maximum atomic E-state index is 11.8. The number of nitrogens with zero attached hydrogens (tertiary/aromatic N) is 1. The molecule has 0 N–H and O–H groups in total. The summed E-state index contributed by atoms with van der Waals surface area (Å²) in [5.74, 6) is -0.440. The third-order valence-corrected chi connectivity index (χ3v) is 3.03. The third-order valence-electron chi connectivity index (χ3n) is 3.03. The van der Waals surface area contributed by atoms with Crippen molar-refractivity contribution in [3.63, 3.8) is 0 Å². The van der Waals surface area contributed by atoms with Crippen molar-refractivity contribution >= 4 is 11.8 Å². The number of carbonyl (C=O) groups is 2. The summed E-state index contributed by atoms with van der Waals surface area (Å²) >= 11 is 0. The van der Waals surface area contributed by atoms with Crippen molar-refractivity contribution < 1.29 is 9.59 Å². The van der Waals surface area contributed by atoms with Crippen LogP contribution in [-0.2, 0) is 9.59 Å². The first-order valence-corrected chi connectivity index (χ1v) is 5.67. The van der Waals surface area contributed by atoms with Crippen molar-refractivity contribution in [2.75, 3.05) is 7.05 Å². The van der Waals surface area contributed by atoms with Gasteiger partial charge in [0.1, 0.15) is 0 Å². The molecule has 16 heavy (non-hydrogen) atoms. The monoisotopic (exact) mass is 221 g/mol. The molecule has 0 aliphatic carbocycles. The van der Waals surface area contributed by atoms with Gasteiger partial charge in [0.15, 0.2) is 0 Å². The number of hydrogen-bond acceptors (Lipinski definition) is 2. The minimum absolute atomic E-state index is 0.0439. The first-order valence-electron chi connectivity index (χ1n) is 5.67. The summed E-state index contributed by atoms with van der Waals surface area (Å²) in [5.41, 5.74) is 0. The number of imide groups is 1. The summed E-state index contributed by atoms with van der Waals surface area (Å²) in [6, 6.07) is 0. The minimum atomic E-state index is -0.176. The zero-order valence-electron chi connectivity index (χ0n) is 10.1. The number of allylic oxidation sites excluding steroid dienone is 4. The Bertz CT molecular complexity index is 299. The second kappa shape index (κ2) is 5.64. The molecule has 2 atom stereocenters. The fourth-order valence-corrected chi connectivity index (χ4v) is 2.05. The van der Waals surface area contributed by atoms with Crippen LogP contribution in [0.25, 0.3) is 0 Å². The zero-order valence-corrected chi connectivity index (χ0v) is 10.1. The fourth-order valence-electron chi connectivity index (χ4n) is 2.05. The third kappa shape index (κ3) is 2.40. The van der Waals surface area contributed by atoms with E-state index in [4.69, 9.17) is 0 Å². The van der Waals surface area contributed by atoms with Crippen LogP contribution in [0.3, 0.4) is 0 Å². The Morgan fingerprint density at radius 1 is 1.00 bits per heavy atom. The van der Waals surface area contributed by atoms with Gasteiger partial charge >= 0.3 is 0 Å². The summed E-state index contributed by atoms with van der Waals surface area (Å²) < 4.78 is 0. The van der Waals surface area contributed by atoms with Gasteiger partial charge in [-0.15, -0.1) is 0 Å². The van der Waals surface area contributed by atoms with Crippen molar-refractivity contribution in [3.8, 4) is 0 Å². The molecule has 1 aliphatic rings. The number of likely N-dealkylation sites (tertiary alicyclic amines) is 1. The maximum Gasteiger partial charge on any atom is 0.233 e. The highest BCUT2D eigenvalue weighted by Crippen LogP contribution is 2.31. The smallest absolute Gasteiger partial charge is 0.233 e. The Labute approximate surface area is 96.8 Å². The zero-order chi connectivity index (χ0) is 12.1. The number of hydrogen-bond donors (Lipinski definition) is 0. The number of rotatable bonds is 4. The molecule has 1 heterocycles. The Hall–Kier alpha value is -1.38. The van der Waals surface area contributed by atoms with Crippen LogP contribution >= 0.6 is 0 Å². The molecule has 0 bridgehead atoms. The predicted octanol–water partition coefficient (Wildman–Crippen LogP) is 2.15. The largest absolute Gasteiger partial charge is 0.285 e. The van der Waals surface area contributed by atoms with Gasteiger partial charge in [0.2, 0.25) is 11.8 Å². The highest BCUT2D eigenvalue weighted by Gasteiger charge is 2.43. The normalized spacial score (nSPS) is 26.6. The summed E-state index contributed by atoms with van der Waals surface area (Å²) in [4.78, 5) is 25.0. The quantitative estimate of drug-likeness (QED) is 0.539. The lowest BCUT2D eigenvalue weighted by atomic mass is 9.89. The van der Waals surface area contributed by atoms with Crippen molar-refractivity contribution in [1.29, 1.82) is 0 Å². The van der Waals surface area contributed by atoms with Crippen LogP contribution in [-0.4, -0.2) is 23.8 Å². The molecule has 0 spiro atoms. The van der Waals surface area contributed by atoms with Crippen LogP contribution in [0.15, 0.2) is 24.3 Å². The summed E-state index contributed by atoms with van der Waals surface area (Å²) in [7, 11) is 1.57. The molecule has 3 heteroatoms. The summed E-state index contributed by atoms with van der Waals surface area (Å²) in [6.45, 7) is 3.85. The second-order valence-corrected chi connectivity index (χ2v) is 4.06. The maximum absolute atomic E-state index is 11.8. The van der Waals surface area contributed by atoms with E-state index >= 15 is 0 Å². The van der Waals surface area contributed by atoms with Crippen LogP contribution in [0, 0.1) is 11.8 Å². The van der Waals surface area contributed by atoms with E-state index in [0.29, 0.717) is 12.8 Å². The van der Waals surface area contributed by atoms with E-state index in [0.717, 1.165) is 0 Å². The van der Waals surface area contributed by atoms with E-state index in [9.17, 15) is 9.59 Å². The van der Waals surface area contributed by atoms with Gasteiger partial charge in [-0.05, 0) is 26.7 Å². The standard InChI is InChI=1S/C13H19NO2/c1-4-6-8-10-11(9-7-5-2)13(16)14(3)12(10)15/h4-7,10-11H,8-9H2,1-3H3/b6-4-,7-5-. The lowest BCUT2D eigenvalue weighted by molar-refractivity contribution is -0.138. The molecule has 1 fully saturated rings. The molecule has 0 radical (unpaired) electrons. The Kier molecular flexibility index (Phi) is 4.47. The van der Waals surface area contributed by atoms with Crippen molar-refractivity contribution in [2.24, 2.45) is 11.8 Å². The summed E-state index contributed by atoms with van der Waals surface area (Å²) in [5, 5.41) is 0. The first-order chi connectivity index (χ1) is 7.63. The Balaban J connectivity index is 2.82. The van der Waals surface area contributed by atoms with E-state index in [1.807, 2.05) is 38.2 Å². The molecule has 3 nitrogen and oxygen atoms in total. The van der Waals surface area contributed by atoms with Gasteiger partial charge in [-0.25, -0.2) is 0 Å². The Morgan fingerprint density at radius 3 is 1.69 bits per heavy atom. The molecule has 0 aromatic carbocycles. The van der Waals surface area contributed by atoms with E-state index in [-0.39, 0.29) is 23.7 Å². The summed E-state index contributed by atoms with van der Waals surface area (Å²) in [6.07, 6.45) is 9.07. The van der Waals surface area contributed by atoms with Crippen LogP contribution in [0.2, 0.25) is 0 Å². The van der Waals surface area contributed by atoms with Gasteiger partial charge in [-0.2, -0.15) is 0 Å². The number of carbonyl (C=O) groups excluding carboxylic acids is 2. The molecule has 1 rings (SSSR count). The highest BCUT2D eigenvalue weighted by atomic mass is 16.2. The van der Waals surface area contributed by atoms with Crippen LogP contribution in [0.4, 0.5) is 0 Å². The van der Waals surface area contributed by atoms with Crippen LogP contribution in [0.5, 0.6) is 0 Å². The number of amides is 2. The molecule has 1 saturated heterocycles. The predicted molar refractivity (Wildman–Crippen MR) is 63.6 cm³/mol. The molecule has 88 valence electrons. The highest BCUT2D eigenvalue weighted by molar-refractivity contribution is 6.04. The molecular formula is C13H19NO2. The fraction of sp³-hybridized carbons (Fsp3) is 0.538. The van der Waals surface area contributed by atoms with Crippen molar-refractivity contribution in [1.82, 2.24) is 4.90 Å². The molecular weight excluding hydrogens is 202 g/mol. The van der Waals surface area contributed by atoms with Gasteiger partial charge in [0.25, 0.3) is 0 Å². The van der Waals surface area contributed by atoms with E-state index in [2.05, 4.69) is 0 Å². The van der Waals surface area contributed by atoms with Gasteiger partial charge in [0, 0.05) is 7.05 Å². The molecule has 1 aliphatic heterocycles. The van der Waals surface area contributed by atoms with Gasteiger partial charge < -0.3 is 0 Å². The molecule has 0 saturated carbocycles. The SMILES string of the molecule is C/C=C\CC1C(=O)N(C)C(=O)C1C/C=C\C. The van der Waals surface area contributed by atoms with Crippen LogP contribution in [0.1, 0.15) is 26.7 Å². The lowest BCUT2D eigenvalue weighted by Crippen LogP contribution is -2.26. The van der Waals surface area contributed by atoms with E-state index < -0.39 is 0 Å². The van der Waals surface area contributed by atoms with Crippen LogP contribution < -0.4 is 0 Å². The van der Waals surface area contributed by atoms with Gasteiger partial charge in [0.05, 0.1) is 11.8 Å². The minimum Gasteiger partial charge on any atom is -0.285 e. The van der Waals surface area contributed by atoms with E-state index in [1.165, 1.54) is 4.90 Å². The molecule has 0 aromatic heterocycles. The molecule has 0 aromatic rings. The Morgan fingerprint density at radius 2 is 1.38 bits per heavy atom. The van der Waals surface area contributed by atoms with Gasteiger partial charge in [-0.1, -0.05) is 24.3 Å². The lowest BCUT2D eigenvalue weighted by Gasteiger charge is -2.10.